The molecule has 2 aromatic carbocycles. The third-order valence-electron chi connectivity index (χ3n) is 3.16. The molecule has 0 fully saturated rings. The molecule has 0 aliphatic carbocycles. The molecule has 21 heavy (non-hydrogen) atoms. The Morgan fingerprint density at radius 2 is 1.52 bits per heavy atom. The summed E-state index contributed by atoms with van der Waals surface area (Å²) in [4.78, 5) is 0.244. The second-order valence-electron chi connectivity index (χ2n) is 4.85. The Morgan fingerprint density at radius 1 is 0.952 bits per heavy atom. The van der Waals surface area contributed by atoms with Crippen LogP contribution in [0, 0.1) is 0 Å². The maximum Gasteiger partial charge on any atom is 0.261 e. The summed E-state index contributed by atoms with van der Waals surface area (Å²) in [5, 5.41) is 8.97. The average Bonchev–Trinajstić information content (AvgIpc) is 2.48. The van der Waals surface area contributed by atoms with Gasteiger partial charge in [-0.1, -0.05) is 37.6 Å². The molecule has 5 heteroatoms. The van der Waals surface area contributed by atoms with Gasteiger partial charge in [-0.25, -0.2) is 8.42 Å². The number of rotatable bonds is 6. The van der Waals surface area contributed by atoms with E-state index in [2.05, 4.69) is 11.6 Å². The second-order valence-corrected chi connectivity index (χ2v) is 6.54. The molecule has 0 saturated heterocycles. The normalized spacial score (nSPS) is 11.3. The number of anilines is 1. The lowest BCUT2D eigenvalue weighted by Gasteiger charge is -2.09. The Labute approximate surface area is 125 Å². The number of benzene rings is 2. The van der Waals surface area contributed by atoms with Crippen LogP contribution in [0.25, 0.3) is 0 Å². The number of aryl methyl sites for hydroxylation is 1. The van der Waals surface area contributed by atoms with E-state index in [1.165, 1.54) is 0 Å². The van der Waals surface area contributed by atoms with E-state index in [1.807, 2.05) is 12.1 Å². The molecular formula is C16H19NO3S. The van der Waals surface area contributed by atoms with E-state index in [1.54, 1.807) is 36.4 Å². The van der Waals surface area contributed by atoms with Gasteiger partial charge < -0.3 is 5.11 Å². The Morgan fingerprint density at radius 3 is 2.05 bits per heavy atom. The second kappa shape index (κ2) is 6.74. The van der Waals surface area contributed by atoms with Crippen LogP contribution in [-0.4, -0.2) is 13.5 Å². The highest BCUT2D eigenvalue weighted by molar-refractivity contribution is 7.92. The molecule has 0 saturated carbocycles. The first-order valence-corrected chi connectivity index (χ1v) is 8.35. The average molecular weight is 305 g/mol. The Hall–Kier alpha value is -1.85. The van der Waals surface area contributed by atoms with E-state index in [0.717, 1.165) is 24.0 Å². The van der Waals surface area contributed by atoms with Gasteiger partial charge in [-0.15, -0.1) is 0 Å². The van der Waals surface area contributed by atoms with Crippen LogP contribution < -0.4 is 4.72 Å². The minimum absolute atomic E-state index is 0.0636. The van der Waals surface area contributed by atoms with Crippen molar-refractivity contribution in [3.05, 3.63) is 59.7 Å². The molecule has 0 aliphatic heterocycles. The fraction of sp³-hybridized carbons (Fsp3) is 0.250. The fourth-order valence-electron chi connectivity index (χ4n) is 2.02. The van der Waals surface area contributed by atoms with Crippen LogP contribution >= 0.6 is 0 Å². The van der Waals surface area contributed by atoms with Crippen molar-refractivity contribution in [2.75, 3.05) is 4.72 Å². The van der Waals surface area contributed by atoms with Gasteiger partial charge in [0.2, 0.25) is 0 Å². The third-order valence-corrected chi connectivity index (χ3v) is 4.56. The fourth-order valence-corrected chi connectivity index (χ4v) is 3.07. The van der Waals surface area contributed by atoms with E-state index >= 15 is 0 Å². The zero-order valence-electron chi connectivity index (χ0n) is 11.9. The Bertz CT molecular complexity index is 676. The van der Waals surface area contributed by atoms with Crippen molar-refractivity contribution in [2.45, 2.75) is 31.3 Å². The number of aliphatic hydroxyl groups is 1. The molecule has 0 spiro atoms. The largest absolute Gasteiger partial charge is 0.392 e. The quantitative estimate of drug-likeness (QED) is 0.862. The molecule has 0 aliphatic rings. The molecule has 0 unspecified atom stereocenters. The summed E-state index contributed by atoms with van der Waals surface area (Å²) in [6, 6.07) is 13.6. The number of sulfonamides is 1. The van der Waals surface area contributed by atoms with E-state index in [9.17, 15) is 8.42 Å². The van der Waals surface area contributed by atoms with Crippen LogP contribution in [0.4, 0.5) is 5.69 Å². The summed E-state index contributed by atoms with van der Waals surface area (Å²) in [6.07, 6.45) is 1.97. The molecule has 0 atom stereocenters. The molecular weight excluding hydrogens is 286 g/mol. The van der Waals surface area contributed by atoms with Crippen LogP contribution in [0.2, 0.25) is 0 Å². The zero-order valence-corrected chi connectivity index (χ0v) is 12.7. The lowest BCUT2D eigenvalue weighted by molar-refractivity contribution is 0.282. The van der Waals surface area contributed by atoms with Gasteiger partial charge in [0.1, 0.15) is 0 Å². The van der Waals surface area contributed by atoms with Crippen molar-refractivity contribution in [3.63, 3.8) is 0 Å². The van der Waals surface area contributed by atoms with E-state index in [0.29, 0.717) is 5.69 Å². The SMILES string of the molecule is CCCc1ccc(S(=O)(=O)Nc2ccc(CO)cc2)cc1. The maximum absolute atomic E-state index is 12.3. The monoisotopic (exact) mass is 305 g/mol. The summed E-state index contributed by atoms with van der Waals surface area (Å²) >= 11 is 0. The van der Waals surface area contributed by atoms with Crippen molar-refractivity contribution >= 4 is 15.7 Å². The minimum atomic E-state index is -3.58. The molecule has 0 aromatic heterocycles. The summed E-state index contributed by atoms with van der Waals surface area (Å²) in [5.41, 5.74) is 2.34. The summed E-state index contributed by atoms with van der Waals surface area (Å²) < 4.78 is 27.1. The predicted molar refractivity (Wildman–Crippen MR) is 83.6 cm³/mol. The molecule has 0 radical (unpaired) electrons. The summed E-state index contributed by atoms with van der Waals surface area (Å²) in [6.45, 7) is 2.02. The van der Waals surface area contributed by atoms with Crippen molar-refractivity contribution in [1.29, 1.82) is 0 Å². The Kier molecular flexibility index (Phi) is 4.98. The van der Waals surface area contributed by atoms with Crippen molar-refractivity contribution in [3.8, 4) is 0 Å². The van der Waals surface area contributed by atoms with Crippen molar-refractivity contribution in [1.82, 2.24) is 0 Å². The first kappa shape index (κ1) is 15.5. The van der Waals surface area contributed by atoms with Gasteiger partial charge >= 0.3 is 0 Å². The molecule has 0 heterocycles. The van der Waals surface area contributed by atoms with Gasteiger partial charge in [-0.05, 0) is 41.8 Å². The first-order valence-electron chi connectivity index (χ1n) is 6.86. The summed E-state index contributed by atoms with van der Waals surface area (Å²) in [5.74, 6) is 0. The molecule has 2 aromatic rings. The van der Waals surface area contributed by atoms with E-state index < -0.39 is 10.0 Å². The van der Waals surface area contributed by atoms with Crippen LogP contribution in [0.3, 0.4) is 0 Å². The molecule has 4 nitrogen and oxygen atoms in total. The number of hydrogen-bond acceptors (Lipinski definition) is 3. The van der Waals surface area contributed by atoms with E-state index in [4.69, 9.17) is 5.11 Å². The topological polar surface area (TPSA) is 66.4 Å². The van der Waals surface area contributed by atoms with Crippen LogP contribution in [0.5, 0.6) is 0 Å². The van der Waals surface area contributed by atoms with Crippen LogP contribution in [0.15, 0.2) is 53.4 Å². The van der Waals surface area contributed by atoms with Gasteiger partial charge in [0.05, 0.1) is 11.5 Å². The molecule has 0 amide bonds. The van der Waals surface area contributed by atoms with Gasteiger partial charge in [-0.3, -0.25) is 4.72 Å². The molecule has 112 valence electrons. The molecule has 0 bridgehead atoms. The third kappa shape index (κ3) is 4.06. The standard InChI is InChI=1S/C16H19NO3S/c1-2-3-13-6-10-16(11-7-13)21(19,20)17-15-8-4-14(12-18)5-9-15/h4-11,17-18H,2-3,12H2,1H3. The smallest absolute Gasteiger partial charge is 0.261 e. The minimum Gasteiger partial charge on any atom is -0.392 e. The van der Waals surface area contributed by atoms with Gasteiger partial charge in [0, 0.05) is 5.69 Å². The highest BCUT2D eigenvalue weighted by Gasteiger charge is 2.13. The first-order chi connectivity index (χ1) is 10.0. The number of hydrogen-bond donors (Lipinski definition) is 2. The highest BCUT2D eigenvalue weighted by Crippen LogP contribution is 2.17. The lowest BCUT2D eigenvalue weighted by Crippen LogP contribution is -2.12. The van der Waals surface area contributed by atoms with Crippen molar-refractivity contribution < 1.29 is 13.5 Å². The maximum atomic E-state index is 12.3. The number of aliphatic hydroxyl groups excluding tert-OH is 1. The number of nitrogens with one attached hydrogen (secondary N) is 1. The van der Waals surface area contributed by atoms with Crippen LogP contribution in [0.1, 0.15) is 24.5 Å². The molecule has 2 rings (SSSR count). The Balaban J connectivity index is 2.16. The van der Waals surface area contributed by atoms with E-state index in [-0.39, 0.29) is 11.5 Å². The van der Waals surface area contributed by atoms with Crippen LogP contribution in [-0.2, 0) is 23.1 Å². The predicted octanol–water partition coefficient (Wildman–Crippen LogP) is 2.93. The van der Waals surface area contributed by atoms with Gasteiger partial charge in [0.25, 0.3) is 10.0 Å². The van der Waals surface area contributed by atoms with Gasteiger partial charge in [0.15, 0.2) is 0 Å². The zero-order chi connectivity index (χ0) is 15.3. The molecule has 2 N–H and O–H groups in total. The lowest BCUT2D eigenvalue weighted by atomic mass is 10.1. The summed E-state index contributed by atoms with van der Waals surface area (Å²) in [7, 11) is -3.58. The van der Waals surface area contributed by atoms with Gasteiger partial charge in [-0.2, -0.15) is 0 Å². The van der Waals surface area contributed by atoms with Crippen molar-refractivity contribution in [2.24, 2.45) is 0 Å². The highest BCUT2D eigenvalue weighted by atomic mass is 32.2.